The van der Waals surface area contributed by atoms with Gasteiger partial charge in [-0.15, -0.1) is 0 Å². The molecule has 0 unspecified atom stereocenters. The van der Waals surface area contributed by atoms with Gasteiger partial charge in [0.1, 0.15) is 11.5 Å². The van der Waals surface area contributed by atoms with Gasteiger partial charge >= 0.3 is 0 Å². The molecule has 0 radical (unpaired) electrons. The van der Waals surface area contributed by atoms with Crippen molar-refractivity contribution in [1.29, 1.82) is 0 Å². The normalized spacial score (nSPS) is 10.5. The lowest BCUT2D eigenvalue weighted by atomic mass is 10.1. The van der Waals surface area contributed by atoms with Gasteiger partial charge in [0.25, 0.3) is 11.5 Å². The van der Waals surface area contributed by atoms with E-state index in [4.69, 9.17) is 5.73 Å². The number of carbonyl (C=O) groups excluding carboxylic acids is 2. The summed E-state index contributed by atoms with van der Waals surface area (Å²) < 4.78 is 13.0. The van der Waals surface area contributed by atoms with E-state index >= 15 is 0 Å². The number of aromatic nitrogens is 2. The van der Waals surface area contributed by atoms with E-state index in [0.29, 0.717) is 6.54 Å². The quantitative estimate of drug-likeness (QED) is 0.329. The molecule has 8 nitrogen and oxygen atoms in total. The lowest BCUT2D eigenvalue weighted by molar-refractivity contribution is -0.118. The fourth-order valence-corrected chi connectivity index (χ4v) is 3.23. The highest BCUT2D eigenvalue weighted by Gasteiger charge is 2.15. The van der Waals surface area contributed by atoms with E-state index in [1.807, 2.05) is 31.2 Å². The molecule has 0 saturated carbocycles. The van der Waals surface area contributed by atoms with E-state index in [2.05, 4.69) is 20.6 Å². The van der Waals surface area contributed by atoms with Crippen molar-refractivity contribution < 1.29 is 14.0 Å². The lowest BCUT2D eigenvalue weighted by Gasteiger charge is -2.09. The fourth-order valence-electron chi connectivity index (χ4n) is 2.54. The summed E-state index contributed by atoms with van der Waals surface area (Å²) in [5.41, 5.74) is 7.19. The molecule has 10 heteroatoms. The third-order valence-corrected chi connectivity index (χ3v) is 5.09. The van der Waals surface area contributed by atoms with Gasteiger partial charge in [0, 0.05) is 12.1 Å². The molecule has 3 aromatic rings. The van der Waals surface area contributed by atoms with Gasteiger partial charge in [0.05, 0.1) is 5.75 Å². The lowest BCUT2D eigenvalue weighted by Crippen LogP contribution is -2.25. The van der Waals surface area contributed by atoms with Crippen LogP contribution < -0.4 is 21.9 Å². The minimum Gasteiger partial charge on any atom is -0.382 e. The third kappa shape index (κ3) is 6.16. The Morgan fingerprint density at radius 2 is 1.81 bits per heavy atom. The number of hydrogen-bond acceptors (Lipinski definition) is 6. The van der Waals surface area contributed by atoms with Crippen molar-refractivity contribution in [2.45, 2.75) is 18.6 Å². The Bertz CT molecular complexity index is 1150. The second kappa shape index (κ2) is 9.90. The molecule has 0 aliphatic rings. The Hall–Kier alpha value is -3.66. The highest BCUT2D eigenvalue weighted by molar-refractivity contribution is 7.99. The number of nitrogens with two attached hydrogens (primary N) is 1. The summed E-state index contributed by atoms with van der Waals surface area (Å²) in [4.78, 5) is 43.1. The van der Waals surface area contributed by atoms with Crippen molar-refractivity contribution in [3.8, 4) is 0 Å². The molecule has 3 rings (SSSR count). The summed E-state index contributed by atoms with van der Waals surface area (Å²) in [6.45, 7) is 2.37. The van der Waals surface area contributed by atoms with Gasteiger partial charge in [-0.3, -0.25) is 19.4 Å². The second-order valence-corrected chi connectivity index (χ2v) is 7.61. The molecule has 5 N–H and O–H groups in total. The van der Waals surface area contributed by atoms with Crippen LogP contribution in [-0.4, -0.2) is 27.5 Å². The molecule has 160 valence electrons. The number of hydrogen-bond donors (Lipinski definition) is 4. The number of halogens is 1. The van der Waals surface area contributed by atoms with E-state index in [-0.39, 0.29) is 33.9 Å². The maximum Gasteiger partial charge on any atom is 0.277 e. The summed E-state index contributed by atoms with van der Waals surface area (Å²) in [6.07, 6.45) is 0. The van der Waals surface area contributed by atoms with Gasteiger partial charge in [-0.25, -0.2) is 9.37 Å². The number of thioether (sulfide) groups is 1. The Morgan fingerprint density at radius 1 is 1.13 bits per heavy atom. The summed E-state index contributed by atoms with van der Waals surface area (Å²) >= 11 is 1.01. The Kier molecular flexibility index (Phi) is 7.03. The number of anilines is 2. The van der Waals surface area contributed by atoms with Gasteiger partial charge in [-0.05, 0) is 36.8 Å². The summed E-state index contributed by atoms with van der Waals surface area (Å²) in [5.74, 6) is -1.52. The van der Waals surface area contributed by atoms with Crippen LogP contribution in [0.5, 0.6) is 0 Å². The molecule has 0 aliphatic carbocycles. The minimum atomic E-state index is -0.662. The average Bonchev–Trinajstić information content (AvgIpc) is 2.74. The van der Waals surface area contributed by atoms with E-state index in [1.165, 1.54) is 12.1 Å². The summed E-state index contributed by atoms with van der Waals surface area (Å²) in [6, 6.07) is 12.6. The largest absolute Gasteiger partial charge is 0.382 e. The van der Waals surface area contributed by atoms with Gasteiger partial charge in [-0.1, -0.05) is 41.6 Å². The molecule has 1 aromatic heterocycles. The number of nitrogens with zero attached hydrogens (tertiary/aromatic N) is 1. The minimum absolute atomic E-state index is 0.0233. The first kappa shape index (κ1) is 22.0. The number of carbonyl (C=O) groups is 2. The molecule has 0 aliphatic heterocycles. The van der Waals surface area contributed by atoms with Crippen LogP contribution in [0.3, 0.4) is 0 Å². The van der Waals surface area contributed by atoms with Crippen molar-refractivity contribution in [1.82, 2.24) is 15.3 Å². The van der Waals surface area contributed by atoms with Crippen LogP contribution in [0.25, 0.3) is 0 Å². The summed E-state index contributed by atoms with van der Waals surface area (Å²) in [7, 11) is 0. The predicted molar refractivity (Wildman–Crippen MR) is 117 cm³/mol. The molecule has 31 heavy (non-hydrogen) atoms. The molecule has 0 bridgehead atoms. The zero-order valence-corrected chi connectivity index (χ0v) is 17.4. The van der Waals surface area contributed by atoms with Crippen LogP contribution in [-0.2, 0) is 11.3 Å². The third-order valence-electron chi connectivity index (χ3n) is 4.22. The first-order valence-electron chi connectivity index (χ1n) is 9.23. The van der Waals surface area contributed by atoms with E-state index < -0.39 is 17.3 Å². The monoisotopic (exact) mass is 441 g/mol. The standard InChI is InChI=1S/C21H20FN5O3S/c1-12-2-4-13(5-3-12)10-24-16(28)11-31-21-26-18(23)17(20(30)27-21)25-19(29)14-6-8-15(22)9-7-14/h2-9H,10-11H2,1H3,(H,24,28)(H,25,29)(H3,23,26,27,30). The van der Waals surface area contributed by atoms with E-state index in [1.54, 1.807) is 0 Å². The zero-order valence-electron chi connectivity index (χ0n) is 16.6. The first-order valence-corrected chi connectivity index (χ1v) is 10.2. The summed E-state index contributed by atoms with van der Waals surface area (Å²) in [5, 5.41) is 5.30. The molecule has 0 atom stereocenters. The van der Waals surface area contributed by atoms with Crippen LogP contribution in [0.1, 0.15) is 21.5 Å². The number of rotatable bonds is 7. The van der Waals surface area contributed by atoms with Crippen molar-refractivity contribution in [2.75, 3.05) is 16.8 Å². The van der Waals surface area contributed by atoms with Crippen molar-refractivity contribution in [3.05, 3.63) is 81.4 Å². The van der Waals surface area contributed by atoms with Gasteiger partial charge < -0.3 is 16.4 Å². The smallest absolute Gasteiger partial charge is 0.277 e. The molecule has 0 spiro atoms. The van der Waals surface area contributed by atoms with Crippen LogP contribution >= 0.6 is 11.8 Å². The van der Waals surface area contributed by atoms with Gasteiger partial charge in [0.15, 0.2) is 11.0 Å². The SMILES string of the molecule is Cc1ccc(CNC(=O)CSc2nc(N)c(NC(=O)c3ccc(F)cc3)c(=O)[nH]2)cc1. The Labute approximate surface area is 181 Å². The average molecular weight is 441 g/mol. The van der Waals surface area contributed by atoms with Crippen LogP contribution in [0.15, 0.2) is 58.5 Å². The van der Waals surface area contributed by atoms with Crippen LogP contribution in [0, 0.1) is 12.7 Å². The van der Waals surface area contributed by atoms with Crippen molar-refractivity contribution in [2.24, 2.45) is 0 Å². The van der Waals surface area contributed by atoms with E-state index in [9.17, 15) is 18.8 Å². The molecular formula is C21H20FN5O3S. The molecule has 2 aromatic carbocycles. The van der Waals surface area contributed by atoms with Gasteiger partial charge in [-0.2, -0.15) is 0 Å². The molecular weight excluding hydrogens is 421 g/mol. The highest BCUT2D eigenvalue weighted by Crippen LogP contribution is 2.17. The Balaban J connectivity index is 1.57. The Morgan fingerprint density at radius 3 is 2.45 bits per heavy atom. The number of nitrogens with one attached hydrogen (secondary N) is 3. The van der Waals surface area contributed by atoms with Crippen LogP contribution in [0.2, 0.25) is 0 Å². The molecule has 0 saturated heterocycles. The second-order valence-electron chi connectivity index (χ2n) is 6.64. The number of aryl methyl sites for hydroxylation is 1. The number of H-pyrrole nitrogens is 1. The van der Waals surface area contributed by atoms with Crippen molar-refractivity contribution in [3.63, 3.8) is 0 Å². The maximum atomic E-state index is 13.0. The number of nitrogen functional groups attached to an aromatic ring is 1. The zero-order chi connectivity index (χ0) is 22.4. The van der Waals surface area contributed by atoms with Crippen LogP contribution in [0.4, 0.5) is 15.9 Å². The highest BCUT2D eigenvalue weighted by atomic mass is 32.2. The number of aromatic amines is 1. The molecule has 1 heterocycles. The number of benzene rings is 2. The molecule has 0 fully saturated rings. The van der Waals surface area contributed by atoms with E-state index in [0.717, 1.165) is 35.0 Å². The topological polar surface area (TPSA) is 130 Å². The molecule has 2 amide bonds. The fraction of sp³-hybridized carbons (Fsp3) is 0.143. The predicted octanol–water partition coefficient (Wildman–Crippen LogP) is 2.46. The maximum absolute atomic E-state index is 13.0. The first-order chi connectivity index (χ1) is 14.8. The van der Waals surface area contributed by atoms with Crippen molar-refractivity contribution >= 4 is 35.1 Å². The van der Waals surface area contributed by atoms with Gasteiger partial charge in [0.2, 0.25) is 5.91 Å². The number of amides is 2.